The van der Waals surface area contributed by atoms with Crippen molar-refractivity contribution in [2.24, 2.45) is 4.99 Å². The maximum Gasteiger partial charge on any atom is 0.191 e. The van der Waals surface area contributed by atoms with Gasteiger partial charge in [-0.2, -0.15) is 0 Å². The molecular formula is C23H33N5O. The molecule has 6 nitrogen and oxygen atoms in total. The molecule has 0 radical (unpaired) electrons. The van der Waals surface area contributed by atoms with Crippen LogP contribution in [0.15, 0.2) is 47.6 Å². The number of nitrogens with one attached hydrogen (secondary N) is 2. The van der Waals surface area contributed by atoms with Gasteiger partial charge in [-0.3, -0.25) is 0 Å². The summed E-state index contributed by atoms with van der Waals surface area (Å²) >= 11 is 0. The van der Waals surface area contributed by atoms with E-state index in [4.69, 9.17) is 9.73 Å². The van der Waals surface area contributed by atoms with E-state index in [1.807, 2.05) is 24.4 Å². The minimum atomic E-state index is 0.592. The van der Waals surface area contributed by atoms with Gasteiger partial charge in [0.25, 0.3) is 0 Å². The van der Waals surface area contributed by atoms with Gasteiger partial charge in [0.05, 0.1) is 13.7 Å². The Bertz CT molecular complexity index is 767. The van der Waals surface area contributed by atoms with Gasteiger partial charge in [0.1, 0.15) is 11.6 Å². The first-order valence-electron chi connectivity index (χ1n) is 10.6. The third kappa shape index (κ3) is 6.38. The standard InChI is InChI=1S/C23H33N5O/c1-3-24-23(27-18-20-10-6-7-11-21(20)29-2)26-17-19-12-13-22(25-16-19)28-14-8-4-5-9-15-28/h6-7,10-13,16H,3-5,8-9,14-15,17-18H2,1-2H3,(H2,24,26,27). The van der Waals surface area contributed by atoms with E-state index < -0.39 is 0 Å². The molecule has 3 rings (SSSR count). The summed E-state index contributed by atoms with van der Waals surface area (Å²) in [6.45, 7) is 6.35. The third-order valence-corrected chi connectivity index (χ3v) is 5.14. The van der Waals surface area contributed by atoms with Crippen molar-refractivity contribution in [2.75, 3.05) is 31.6 Å². The van der Waals surface area contributed by atoms with Crippen LogP contribution in [-0.2, 0) is 13.1 Å². The zero-order valence-electron chi connectivity index (χ0n) is 17.7. The van der Waals surface area contributed by atoms with Crippen molar-refractivity contribution in [1.29, 1.82) is 0 Å². The summed E-state index contributed by atoms with van der Waals surface area (Å²) in [6.07, 6.45) is 7.14. The Morgan fingerprint density at radius 1 is 1.07 bits per heavy atom. The highest BCUT2D eigenvalue weighted by Gasteiger charge is 2.10. The monoisotopic (exact) mass is 395 g/mol. The number of hydrogen-bond donors (Lipinski definition) is 2. The van der Waals surface area contributed by atoms with Gasteiger partial charge < -0.3 is 20.3 Å². The van der Waals surface area contributed by atoms with E-state index in [2.05, 4.69) is 45.6 Å². The summed E-state index contributed by atoms with van der Waals surface area (Å²) in [5.41, 5.74) is 2.21. The highest BCUT2D eigenvalue weighted by Crippen LogP contribution is 2.18. The Morgan fingerprint density at radius 2 is 1.86 bits per heavy atom. The lowest BCUT2D eigenvalue weighted by atomic mass is 10.2. The van der Waals surface area contributed by atoms with Gasteiger partial charge in [0.15, 0.2) is 5.96 Å². The maximum atomic E-state index is 5.42. The molecular weight excluding hydrogens is 362 g/mol. The summed E-state index contributed by atoms with van der Waals surface area (Å²) in [5.74, 6) is 2.75. The number of para-hydroxylation sites is 1. The molecule has 0 saturated carbocycles. The minimum absolute atomic E-state index is 0.592. The number of aliphatic imine (C=N–C) groups is 1. The number of benzene rings is 1. The number of guanidine groups is 1. The number of pyridine rings is 1. The third-order valence-electron chi connectivity index (χ3n) is 5.14. The SMILES string of the molecule is CCNC(=NCc1ccc(N2CCCCCC2)nc1)NCc1ccccc1OC. The van der Waals surface area contributed by atoms with E-state index in [-0.39, 0.29) is 0 Å². The van der Waals surface area contributed by atoms with Crippen LogP contribution in [0, 0.1) is 0 Å². The fourth-order valence-electron chi connectivity index (χ4n) is 3.54. The molecule has 1 aromatic carbocycles. The molecule has 0 aliphatic carbocycles. The zero-order valence-corrected chi connectivity index (χ0v) is 17.7. The molecule has 1 aliphatic rings. The highest BCUT2D eigenvalue weighted by atomic mass is 16.5. The summed E-state index contributed by atoms with van der Waals surface area (Å²) in [7, 11) is 1.69. The largest absolute Gasteiger partial charge is 0.496 e. The zero-order chi connectivity index (χ0) is 20.3. The van der Waals surface area contributed by atoms with Crippen molar-refractivity contribution in [3.63, 3.8) is 0 Å². The number of aromatic nitrogens is 1. The number of hydrogen-bond acceptors (Lipinski definition) is 4. The first kappa shape index (κ1) is 21.0. The second-order valence-corrected chi connectivity index (χ2v) is 7.29. The lowest BCUT2D eigenvalue weighted by molar-refractivity contribution is 0.409. The predicted molar refractivity (Wildman–Crippen MR) is 120 cm³/mol. The molecule has 2 aromatic rings. The van der Waals surface area contributed by atoms with E-state index >= 15 is 0 Å². The average molecular weight is 396 g/mol. The molecule has 0 bridgehead atoms. The first-order chi connectivity index (χ1) is 14.3. The van der Waals surface area contributed by atoms with Gasteiger partial charge in [-0.25, -0.2) is 9.98 Å². The normalized spacial score (nSPS) is 15.0. The summed E-state index contributed by atoms with van der Waals surface area (Å²) < 4.78 is 5.42. The molecule has 2 N–H and O–H groups in total. The molecule has 1 fully saturated rings. The van der Waals surface area contributed by atoms with E-state index in [9.17, 15) is 0 Å². The molecule has 0 spiro atoms. The van der Waals surface area contributed by atoms with Crippen LogP contribution in [0.2, 0.25) is 0 Å². The van der Waals surface area contributed by atoms with Crippen molar-refractivity contribution < 1.29 is 4.74 Å². The van der Waals surface area contributed by atoms with Gasteiger partial charge in [0.2, 0.25) is 0 Å². The Labute approximate surface area is 174 Å². The molecule has 1 aliphatic heterocycles. The lowest BCUT2D eigenvalue weighted by Gasteiger charge is -2.21. The second-order valence-electron chi connectivity index (χ2n) is 7.29. The Balaban J connectivity index is 1.59. The first-order valence-corrected chi connectivity index (χ1v) is 10.6. The van der Waals surface area contributed by atoms with Crippen molar-refractivity contribution in [3.05, 3.63) is 53.7 Å². The second kappa shape index (κ2) is 11.3. The van der Waals surface area contributed by atoms with E-state index in [0.29, 0.717) is 13.1 Å². The van der Waals surface area contributed by atoms with Gasteiger partial charge in [-0.15, -0.1) is 0 Å². The van der Waals surface area contributed by atoms with Crippen molar-refractivity contribution in [2.45, 2.75) is 45.7 Å². The van der Waals surface area contributed by atoms with Crippen LogP contribution in [0.1, 0.15) is 43.7 Å². The topological polar surface area (TPSA) is 61.8 Å². The van der Waals surface area contributed by atoms with Crippen LogP contribution in [0.3, 0.4) is 0 Å². The van der Waals surface area contributed by atoms with Gasteiger partial charge in [0, 0.05) is 37.9 Å². The van der Waals surface area contributed by atoms with Crippen LogP contribution in [-0.4, -0.2) is 37.7 Å². The summed E-state index contributed by atoms with van der Waals surface area (Å²) in [5, 5.41) is 6.68. The maximum absolute atomic E-state index is 5.42. The van der Waals surface area contributed by atoms with Crippen LogP contribution >= 0.6 is 0 Å². The highest BCUT2D eigenvalue weighted by molar-refractivity contribution is 5.79. The van der Waals surface area contributed by atoms with Crippen LogP contribution in [0.25, 0.3) is 0 Å². The molecule has 2 heterocycles. The minimum Gasteiger partial charge on any atom is -0.496 e. The predicted octanol–water partition coefficient (Wildman–Crippen LogP) is 3.73. The molecule has 0 amide bonds. The summed E-state index contributed by atoms with van der Waals surface area (Å²) in [6, 6.07) is 12.3. The van der Waals surface area contributed by atoms with Crippen molar-refractivity contribution in [1.82, 2.24) is 15.6 Å². The van der Waals surface area contributed by atoms with Crippen molar-refractivity contribution >= 4 is 11.8 Å². The lowest BCUT2D eigenvalue weighted by Crippen LogP contribution is -2.36. The van der Waals surface area contributed by atoms with Crippen LogP contribution < -0.4 is 20.3 Å². The summed E-state index contributed by atoms with van der Waals surface area (Å²) in [4.78, 5) is 11.8. The quantitative estimate of drug-likeness (QED) is 0.553. The average Bonchev–Trinajstić information content (AvgIpc) is 3.06. The molecule has 0 unspecified atom stereocenters. The van der Waals surface area contributed by atoms with E-state index in [1.165, 1.54) is 25.7 Å². The molecule has 1 saturated heterocycles. The van der Waals surface area contributed by atoms with Crippen LogP contribution in [0.5, 0.6) is 5.75 Å². The number of methoxy groups -OCH3 is 1. The molecule has 156 valence electrons. The van der Waals surface area contributed by atoms with Gasteiger partial charge in [-0.1, -0.05) is 37.1 Å². The number of rotatable bonds is 7. The smallest absolute Gasteiger partial charge is 0.191 e. The number of nitrogens with zero attached hydrogens (tertiary/aromatic N) is 3. The van der Waals surface area contributed by atoms with Gasteiger partial charge >= 0.3 is 0 Å². The Morgan fingerprint density at radius 3 is 2.55 bits per heavy atom. The molecule has 29 heavy (non-hydrogen) atoms. The van der Waals surface area contributed by atoms with Crippen molar-refractivity contribution in [3.8, 4) is 5.75 Å². The Kier molecular flexibility index (Phi) is 8.16. The molecule has 1 aromatic heterocycles. The molecule has 0 atom stereocenters. The Hall–Kier alpha value is -2.76. The van der Waals surface area contributed by atoms with Gasteiger partial charge in [-0.05, 0) is 37.5 Å². The number of ether oxygens (including phenoxy) is 1. The van der Waals surface area contributed by atoms with Crippen LogP contribution in [0.4, 0.5) is 5.82 Å². The van der Waals surface area contributed by atoms with E-state index in [1.54, 1.807) is 7.11 Å². The number of anilines is 1. The van der Waals surface area contributed by atoms with E-state index in [0.717, 1.165) is 48.3 Å². The fourth-order valence-corrected chi connectivity index (χ4v) is 3.54. The molecule has 6 heteroatoms. The fraction of sp³-hybridized carbons (Fsp3) is 0.478.